The van der Waals surface area contributed by atoms with Gasteiger partial charge >= 0.3 is 0 Å². The minimum atomic E-state index is 0.323. The number of pyridine rings is 2. The Morgan fingerprint density at radius 3 is 2.71 bits per heavy atom. The molecule has 0 N–H and O–H groups in total. The van der Waals surface area contributed by atoms with Gasteiger partial charge in [0.25, 0.3) is 0 Å². The molecule has 2 aromatic heterocycles. The van der Waals surface area contributed by atoms with Crippen LogP contribution in [0.3, 0.4) is 0 Å². The van der Waals surface area contributed by atoms with Crippen LogP contribution in [0.4, 0.5) is 0 Å². The van der Waals surface area contributed by atoms with E-state index >= 15 is 0 Å². The van der Waals surface area contributed by atoms with Gasteiger partial charge in [0.05, 0.1) is 11.2 Å². The molecule has 0 spiro atoms. The highest BCUT2D eigenvalue weighted by Crippen LogP contribution is 2.24. The van der Waals surface area contributed by atoms with E-state index in [2.05, 4.69) is 9.97 Å². The van der Waals surface area contributed by atoms with Crippen molar-refractivity contribution in [2.75, 3.05) is 0 Å². The van der Waals surface area contributed by atoms with Gasteiger partial charge in [-0.15, -0.1) is 11.6 Å². The van der Waals surface area contributed by atoms with Crippen molar-refractivity contribution >= 4 is 23.2 Å². The van der Waals surface area contributed by atoms with Crippen LogP contribution >= 0.6 is 23.2 Å². The van der Waals surface area contributed by atoms with Gasteiger partial charge in [-0.1, -0.05) is 11.6 Å². The molecule has 2 rings (SSSR count). The molecular formula is C12H10Cl2N2O. The number of nitrogens with zero attached hydrogens (tertiary/aromatic N) is 2. The van der Waals surface area contributed by atoms with Crippen molar-refractivity contribution in [3.63, 3.8) is 0 Å². The molecule has 3 nitrogen and oxygen atoms in total. The standard InChI is InChI=1S/C12H10Cl2N2O/c1-8-2-3-10(6-15-8)17-12-4-9(5-13)11(14)7-16-12/h2-4,6-7H,5H2,1H3. The highest BCUT2D eigenvalue weighted by atomic mass is 35.5. The number of halogens is 2. The first-order valence-electron chi connectivity index (χ1n) is 5.00. The summed E-state index contributed by atoms with van der Waals surface area (Å²) in [6, 6.07) is 5.42. The van der Waals surface area contributed by atoms with E-state index in [1.54, 1.807) is 12.3 Å². The molecule has 0 amide bonds. The fourth-order valence-corrected chi connectivity index (χ4v) is 1.71. The van der Waals surface area contributed by atoms with E-state index in [4.69, 9.17) is 27.9 Å². The summed E-state index contributed by atoms with van der Waals surface area (Å²) in [5.74, 6) is 1.41. The molecule has 0 atom stereocenters. The lowest BCUT2D eigenvalue weighted by Crippen LogP contribution is -1.91. The first-order valence-corrected chi connectivity index (χ1v) is 5.91. The van der Waals surface area contributed by atoms with Gasteiger partial charge in [0.15, 0.2) is 0 Å². The highest BCUT2D eigenvalue weighted by Gasteiger charge is 2.04. The van der Waals surface area contributed by atoms with Gasteiger partial charge in [0, 0.05) is 23.8 Å². The molecule has 88 valence electrons. The quantitative estimate of drug-likeness (QED) is 0.791. The Kier molecular flexibility index (Phi) is 3.82. The minimum absolute atomic E-state index is 0.323. The molecule has 2 aromatic rings. The Labute approximate surface area is 109 Å². The predicted octanol–water partition coefficient (Wildman–Crippen LogP) is 3.97. The van der Waals surface area contributed by atoms with Crippen LogP contribution in [0.2, 0.25) is 5.02 Å². The third-order valence-corrected chi connectivity index (χ3v) is 2.79. The van der Waals surface area contributed by atoms with Crippen LogP contribution in [0.25, 0.3) is 0 Å². The Balaban J connectivity index is 2.21. The van der Waals surface area contributed by atoms with Gasteiger partial charge in [-0.25, -0.2) is 4.98 Å². The number of hydrogen-bond acceptors (Lipinski definition) is 3. The molecule has 0 bridgehead atoms. The summed E-state index contributed by atoms with van der Waals surface area (Å²) in [6.45, 7) is 1.91. The summed E-state index contributed by atoms with van der Waals surface area (Å²) in [5, 5.41) is 0.536. The van der Waals surface area contributed by atoms with E-state index < -0.39 is 0 Å². The number of aromatic nitrogens is 2. The van der Waals surface area contributed by atoms with Crippen molar-refractivity contribution in [3.8, 4) is 11.6 Å². The molecule has 0 aliphatic carbocycles. The van der Waals surface area contributed by atoms with Crippen molar-refractivity contribution in [1.29, 1.82) is 0 Å². The normalized spacial score (nSPS) is 10.3. The Bertz CT molecular complexity index is 514. The zero-order valence-corrected chi connectivity index (χ0v) is 10.7. The third-order valence-electron chi connectivity index (χ3n) is 2.16. The van der Waals surface area contributed by atoms with E-state index in [9.17, 15) is 0 Å². The molecule has 0 aromatic carbocycles. The van der Waals surface area contributed by atoms with Crippen molar-refractivity contribution < 1.29 is 4.74 Å². The lowest BCUT2D eigenvalue weighted by Gasteiger charge is -2.06. The summed E-state index contributed by atoms with van der Waals surface area (Å²) in [4.78, 5) is 8.19. The predicted molar refractivity (Wildman–Crippen MR) is 67.9 cm³/mol. The van der Waals surface area contributed by atoms with Gasteiger partial charge in [0.2, 0.25) is 5.88 Å². The van der Waals surface area contributed by atoms with Crippen LogP contribution in [-0.2, 0) is 5.88 Å². The second-order valence-electron chi connectivity index (χ2n) is 3.48. The fraction of sp³-hybridized carbons (Fsp3) is 0.167. The average Bonchev–Trinajstić information content (AvgIpc) is 2.34. The monoisotopic (exact) mass is 268 g/mol. The summed E-state index contributed by atoms with van der Waals surface area (Å²) in [7, 11) is 0. The Morgan fingerprint density at radius 2 is 2.06 bits per heavy atom. The van der Waals surface area contributed by atoms with Gasteiger partial charge in [0.1, 0.15) is 5.75 Å². The van der Waals surface area contributed by atoms with Crippen molar-refractivity contribution in [2.45, 2.75) is 12.8 Å². The maximum absolute atomic E-state index is 5.91. The lowest BCUT2D eigenvalue weighted by atomic mass is 10.3. The van der Waals surface area contributed by atoms with Crippen LogP contribution in [-0.4, -0.2) is 9.97 Å². The Morgan fingerprint density at radius 1 is 1.24 bits per heavy atom. The zero-order valence-electron chi connectivity index (χ0n) is 9.15. The van der Waals surface area contributed by atoms with Gasteiger partial charge in [-0.2, -0.15) is 0 Å². The molecule has 0 saturated heterocycles. The number of aryl methyl sites for hydroxylation is 1. The molecule has 5 heteroatoms. The topological polar surface area (TPSA) is 35.0 Å². The number of alkyl halides is 1. The summed E-state index contributed by atoms with van der Waals surface area (Å²) in [6.07, 6.45) is 3.17. The largest absolute Gasteiger partial charge is 0.437 e. The number of ether oxygens (including phenoxy) is 1. The molecule has 0 aliphatic heterocycles. The third kappa shape index (κ3) is 3.08. The molecular weight excluding hydrogens is 259 g/mol. The summed E-state index contributed by atoms with van der Waals surface area (Å²) in [5.41, 5.74) is 1.72. The van der Waals surface area contributed by atoms with Crippen LogP contribution in [0.15, 0.2) is 30.6 Å². The van der Waals surface area contributed by atoms with Crippen molar-refractivity contribution in [2.24, 2.45) is 0 Å². The maximum atomic E-state index is 5.91. The van der Waals surface area contributed by atoms with Crippen molar-refractivity contribution in [3.05, 3.63) is 46.9 Å². The minimum Gasteiger partial charge on any atom is -0.437 e. The molecule has 0 fully saturated rings. The van der Waals surface area contributed by atoms with E-state index in [1.807, 2.05) is 19.1 Å². The SMILES string of the molecule is Cc1ccc(Oc2cc(CCl)c(Cl)cn2)cn1. The van der Waals surface area contributed by atoms with Crippen LogP contribution < -0.4 is 4.74 Å². The highest BCUT2D eigenvalue weighted by molar-refractivity contribution is 6.32. The fourth-order valence-electron chi connectivity index (χ4n) is 1.25. The van der Waals surface area contributed by atoms with Gasteiger partial charge < -0.3 is 4.74 Å². The number of hydrogen-bond donors (Lipinski definition) is 0. The Hall–Kier alpha value is -1.32. The molecule has 2 heterocycles. The summed E-state index contributed by atoms with van der Waals surface area (Å²) >= 11 is 11.7. The molecule has 0 aliphatic rings. The first-order chi connectivity index (χ1) is 8.19. The first kappa shape index (κ1) is 12.1. The van der Waals surface area contributed by atoms with Crippen LogP contribution in [0.5, 0.6) is 11.6 Å². The molecule has 17 heavy (non-hydrogen) atoms. The van der Waals surface area contributed by atoms with E-state index in [0.717, 1.165) is 11.3 Å². The molecule has 0 saturated carbocycles. The lowest BCUT2D eigenvalue weighted by molar-refractivity contribution is 0.460. The maximum Gasteiger partial charge on any atom is 0.219 e. The second-order valence-corrected chi connectivity index (χ2v) is 4.16. The molecule has 0 unspecified atom stereocenters. The molecule has 0 radical (unpaired) electrons. The average molecular weight is 269 g/mol. The zero-order chi connectivity index (χ0) is 12.3. The van der Waals surface area contributed by atoms with Gasteiger partial charge in [-0.05, 0) is 24.6 Å². The van der Waals surface area contributed by atoms with E-state index in [-0.39, 0.29) is 0 Å². The van der Waals surface area contributed by atoms with Gasteiger partial charge in [-0.3, -0.25) is 4.98 Å². The van der Waals surface area contributed by atoms with E-state index in [0.29, 0.717) is 22.5 Å². The van der Waals surface area contributed by atoms with E-state index in [1.165, 1.54) is 6.20 Å². The second kappa shape index (κ2) is 5.34. The van der Waals surface area contributed by atoms with Crippen LogP contribution in [0, 0.1) is 6.92 Å². The van der Waals surface area contributed by atoms with Crippen LogP contribution in [0.1, 0.15) is 11.3 Å². The summed E-state index contributed by atoms with van der Waals surface area (Å²) < 4.78 is 5.54. The van der Waals surface area contributed by atoms with Crippen molar-refractivity contribution in [1.82, 2.24) is 9.97 Å². The smallest absolute Gasteiger partial charge is 0.219 e. The number of rotatable bonds is 3.